The van der Waals surface area contributed by atoms with Crippen LogP contribution in [0.15, 0.2) is 83.9 Å². The number of hydrogen-bond acceptors (Lipinski definition) is 4. The minimum atomic E-state index is -0.356. The third-order valence-corrected chi connectivity index (χ3v) is 6.22. The Kier molecular flexibility index (Phi) is 5.10. The van der Waals surface area contributed by atoms with Crippen LogP contribution in [0.4, 0.5) is 4.79 Å². The molecule has 1 aromatic heterocycles. The Morgan fingerprint density at radius 1 is 0.969 bits per heavy atom. The van der Waals surface area contributed by atoms with E-state index < -0.39 is 0 Å². The lowest BCUT2D eigenvalue weighted by atomic mass is 9.99. The number of carbonyl (C=O) groups is 2. The molecule has 6 heteroatoms. The molecule has 1 fully saturated rings. The number of nitrogens with zero attached hydrogens (tertiary/aromatic N) is 2. The van der Waals surface area contributed by atoms with Gasteiger partial charge in [0, 0.05) is 29.2 Å². The van der Waals surface area contributed by atoms with Crippen LogP contribution in [0.2, 0.25) is 0 Å². The summed E-state index contributed by atoms with van der Waals surface area (Å²) in [5.74, 6) is -0.356. The highest BCUT2D eigenvalue weighted by Crippen LogP contribution is 2.30. The zero-order valence-corrected chi connectivity index (χ0v) is 17.7. The molecule has 0 saturated carbocycles. The summed E-state index contributed by atoms with van der Waals surface area (Å²) < 4.78 is 2.14. The Bertz CT molecular complexity index is 1440. The topological polar surface area (TPSA) is 74.9 Å². The molecule has 3 aromatic carbocycles. The summed E-state index contributed by atoms with van der Waals surface area (Å²) >= 11 is 0.922. The molecule has 0 unspecified atom stereocenters. The maximum Gasteiger partial charge on any atom is 0.290 e. The molecular weight excluding hydrogens is 418 g/mol. The molecule has 2 amide bonds. The second-order valence-electron chi connectivity index (χ2n) is 7.44. The van der Waals surface area contributed by atoms with Crippen molar-refractivity contribution < 1.29 is 9.59 Å². The van der Waals surface area contributed by atoms with Gasteiger partial charge in [-0.1, -0.05) is 60.7 Å². The minimum Gasteiger partial charge on any atom is -0.342 e. The molecule has 2 heterocycles. The van der Waals surface area contributed by atoms with Gasteiger partial charge in [-0.2, -0.15) is 5.26 Å². The van der Waals surface area contributed by atoms with Gasteiger partial charge in [-0.25, -0.2) is 0 Å². The molecule has 1 aliphatic heterocycles. The van der Waals surface area contributed by atoms with Gasteiger partial charge in [0.1, 0.15) is 0 Å². The Labute approximate surface area is 189 Å². The molecular formula is C26H17N3O2S. The lowest BCUT2D eigenvalue weighted by Gasteiger charge is -2.08. The van der Waals surface area contributed by atoms with Gasteiger partial charge in [0.25, 0.3) is 11.1 Å². The van der Waals surface area contributed by atoms with Gasteiger partial charge in [-0.3, -0.25) is 14.9 Å². The van der Waals surface area contributed by atoms with Crippen LogP contribution in [-0.2, 0) is 11.3 Å². The molecule has 0 aliphatic carbocycles. The lowest BCUT2D eigenvalue weighted by Crippen LogP contribution is -2.17. The SMILES string of the molecule is N#Cc1ccccc1-c1ccc(Cn2cc(C=C3SC(=O)NC3=O)c3ccccc32)cc1. The first-order valence-electron chi connectivity index (χ1n) is 10.0. The lowest BCUT2D eigenvalue weighted by molar-refractivity contribution is -0.115. The van der Waals surface area contributed by atoms with Crippen molar-refractivity contribution in [2.24, 2.45) is 0 Å². The molecule has 4 aromatic rings. The number of para-hydroxylation sites is 1. The van der Waals surface area contributed by atoms with Gasteiger partial charge in [-0.15, -0.1) is 0 Å². The van der Waals surface area contributed by atoms with E-state index in [1.807, 2.05) is 66.9 Å². The number of benzene rings is 3. The predicted octanol–water partition coefficient (Wildman–Crippen LogP) is 5.55. The van der Waals surface area contributed by atoms with Crippen molar-refractivity contribution in [1.82, 2.24) is 9.88 Å². The van der Waals surface area contributed by atoms with Gasteiger partial charge in [0.15, 0.2) is 0 Å². The highest BCUT2D eigenvalue weighted by molar-refractivity contribution is 8.18. The smallest absolute Gasteiger partial charge is 0.290 e. The summed E-state index contributed by atoms with van der Waals surface area (Å²) in [6.07, 6.45) is 3.78. The highest BCUT2D eigenvalue weighted by Gasteiger charge is 2.25. The zero-order chi connectivity index (χ0) is 22.1. The number of fused-ring (bicyclic) bond motifs is 1. The second kappa shape index (κ2) is 8.22. The number of thioether (sulfide) groups is 1. The summed E-state index contributed by atoms with van der Waals surface area (Å²) in [6.45, 7) is 0.655. The third kappa shape index (κ3) is 3.70. The number of imide groups is 1. The monoisotopic (exact) mass is 435 g/mol. The van der Waals surface area contributed by atoms with Crippen molar-refractivity contribution in [3.05, 3.63) is 101 Å². The first kappa shape index (κ1) is 19.9. The quantitative estimate of drug-likeness (QED) is 0.426. The van der Waals surface area contributed by atoms with E-state index in [9.17, 15) is 14.9 Å². The third-order valence-electron chi connectivity index (χ3n) is 5.41. The summed E-state index contributed by atoms with van der Waals surface area (Å²) in [5, 5.41) is 12.3. The summed E-state index contributed by atoms with van der Waals surface area (Å²) in [4.78, 5) is 23.9. The Morgan fingerprint density at radius 3 is 2.47 bits per heavy atom. The van der Waals surface area contributed by atoms with Crippen molar-refractivity contribution in [1.29, 1.82) is 5.26 Å². The molecule has 5 nitrogen and oxygen atoms in total. The average Bonchev–Trinajstić information content (AvgIpc) is 3.33. The minimum absolute atomic E-state index is 0.344. The van der Waals surface area contributed by atoms with Crippen molar-refractivity contribution >= 4 is 39.9 Å². The van der Waals surface area contributed by atoms with Crippen LogP contribution >= 0.6 is 11.8 Å². The number of aromatic nitrogens is 1. The van der Waals surface area contributed by atoms with Gasteiger partial charge in [0.2, 0.25) is 0 Å². The van der Waals surface area contributed by atoms with Crippen LogP contribution in [0.1, 0.15) is 16.7 Å². The van der Waals surface area contributed by atoms with Crippen LogP contribution in [0.5, 0.6) is 0 Å². The number of hydrogen-bond donors (Lipinski definition) is 1. The molecule has 0 spiro atoms. The van der Waals surface area contributed by atoms with Gasteiger partial charge in [0.05, 0.1) is 16.5 Å². The van der Waals surface area contributed by atoms with Gasteiger partial charge < -0.3 is 4.57 Å². The first-order valence-corrected chi connectivity index (χ1v) is 10.9. The number of nitrogens with one attached hydrogen (secondary N) is 1. The summed E-state index contributed by atoms with van der Waals surface area (Å²) in [6, 6.07) is 26.0. The van der Waals surface area contributed by atoms with E-state index in [4.69, 9.17) is 0 Å². The van der Waals surface area contributed by atoms with Crippen LogP contribution in [0, 0.1) is 11.3 Å². The van der Waals surface area contributed by atoms with Crippen molar-refractivity contribution in [3.63, 3.8) is 0 Å². The molecule has 0 radical (unpaired) electrons. The van der Waals surface area contributed by atoms with E-state index in [1.54, 1.807) is 6.08 Å². The van der Waals surface area contributed by atoms with Gasteiger partial charge in [-0.05, 0) is 46.7 Å². The van der Waals surface area contributed by atoms with Crippen molar-refractivity contribution in [3.8, 4) is 17.2 Å². The van der Waals surface area contributed by atoms with Crippen molar-refractivity contribution in [2.45, 2.75) is 6.54 Å². The van der Waals surface area contributed by atoms with E-state index in [1.165, 1.54) is 0 Å². The number of carbonyl (C=O) groups excluding carboxylic acids is 2. The van der Waals surface area contributed by atoms with Crippen LogP contribution in [0.3, 0.4) is 0 Å². The number of nitriles is 1. The molecule has 32 heavy (non-hydrogen) atoms. The molecule has 1 aliphatic rings. The highest BCUT2D eigenvalue weighted by atomic mass is 32.2. The molecule has 0 bridgehead atoms. The van der Waals surface area contributed by atoms with E-state index in [0.717, 1.165) is 44.9 Å². The standard InChI is InChI=1S/C26H17N3O2S/c27-14-19-5-1-2-6-21(19)18-11-9-17(10-12-18)15-29-16-20(22-7-3-4-8-23(22)29)13-24-25(30)28-26(31)32-24/h1-13,16H,15H2,(H,28,30,31). The summed E-state index contributed by atoms with van der Waals surface area (Å²) in [5.41, 5.74) is 5.64. The Balaban J connectivity index is 1.47. The largest absolute Gasteiger partial charge is 0.342 e. The Morgan fingerprint density at radius 2 is 1.72 bits per heavy atom. The predicted molar refractivity (Wildman–Crippen MR) is 127 cm³/mol. The first-order chi connectivity index (χ1) is 15.6. The number of amides is 2. The maximum atomic E-state index is 12.0. The average molecular weight is 436 g/mol. The fraction of sp³-hybridized carbons (Fsp3) is 0.0385. The van der Waals surface area contributed by atoms with E-state index in [2.05, 4.69) is 28.1 Å². The molecule has 1 N–H and O–H groups in total. The van der Waals surface area contributed by atoms with Crippen molar-refractivity contribution in [2.75, 3.05) is 0 Å². The van der Waals surface area contributed by atoms with Crippen LogP contribution in [-0.4, -0.2) is 15.7 Å². The maximum absolute atomic E-state index is 12.0. The van der Waals surface area contributed by atoms with Gasteiger partial charge >= 0.3 is 0 Å². The van der Waals surface area contributed by atoms with E-state index in [0.29, 0.717) is 17.0 Å². The Hall–Kier alpha value is -4.08. The van der Waals surface area contributed by atoms with Crippen LogP contribution in [0.25, 0.3) is 28.1 Å². The zero-order valence-electron chi connectivity index (χ0n) is 16.9. The summed E-state index contributed by atoms with van der Waals surface area (Å²) in [7, 11) is 0. The normalized spacial score (nSPS) is 14.7. The molecule has 154 valence electrons. The van der Waals surface area contributed by atoms with E-state index >= 15 is 0 Å². The fourth-order valence-electron chi connectivity index (χ4n) is 3.90. The molecule has 5 rings (SSSR count). The molecule has 0 atom stereocenters. The fourth-order valence-corrected chi connectivity index (χ4v) is 4.58. The molecule has 1 saturated heterocycles. The number of rotatable bonds is 4. The van der Waals surface area contributed by atoms with Crippen LogP contribution < -0.4 is 5.32 Å². The second-order valence-corrected chi connectivity index (χ2v) is 8.45. The van der Waals surface area contributed by atoms with E-state index in [-0.39, 0.29) is 11.1 Å².